The second kappa shape index (κ2) is 4.74. The zero-order valence-electron chi connectivity index (χ0n) is 10.8. The highest BCUT2D eigenvalue weighted by Gasteiger charge is 2.42. The molecule has 2 aliphatic rings. The first-order chi connectivity index (χ1) is 8.69. The number of hydrogen-bond acceptors (Lipinski definition) is 4. The number of nitrogens with zero attached hydrogens (tertiary/aromatic N) is 1. The SMILES string of the molecule is Cc1nc(C(=O)C2CCOC3(CCCC3)C2)cs1. The molecule has 2 heterocycles. The average Bonchev–Trinajstić information content (AvgIpc) is 2.98. The summed E-state index contributed by atoms with van der Waals surface area (Å²) in [6.07, 6.45) is 6.52. The van der Waals surface area contributed by atoms with E-state index in [2.05, 4.69) is 4.98 Å². The van der Waals surface area contributed by atoms with Gasteiger partial charge in [0.15, 0.2) is 5.78 Å². The molecule has 1 unspecified atom stereocenters. The molecule has 0 aromatic carbocycles. The molecule has 98 valence electrons. The van der Waals surface area contributed by atoms with E-state index < -0.39 is 0 Å². The molecule has 1 aromatic rings. The molecule has 1 aliphatic heterocycles. The highest BCUT2D eigenvalue weighted by Crippen LogP contribution is 2.42. The quantitative estimate of drug-likeness (QED) is 0.770. The van der Waals surface area contributed by atoms with Crippen molar-refractivity contribution in [3.05, 3.63) is 16.1 Å². The van der Waals surface area contributed by atoms with Crippen molar-refractivity contribution in [2.24, 2.45) is 5.92 Å². The maximum absolute atomic E-state index is 12.4. The molecule has 0 N–H and O–H groups in total. The van der Waals surface area contributed by atoms with Gasteiger partial charge in [0.2, 0.25) is 0 Å². The fourth-order valence-corrected chi connectivity index (χ4v) is 3.91. The highest BCUT2D eigenvalue weighted by atomic mass is 32.1. The molecule has 4 heteroatoms. The van der Waals surface area contributed by atoms with Crippen molar-refractivity contribution in [2.45, 2.75) is 51.0 Å². The van der Waals surface area contributed by atoms with E-state index in [9.17, 15) is 4.79 Å². The number of Topliss-reactive ketones (excluding diaryl/α,β-unsaturated/α-hetero) is 1. The Kier molecular flexibility index (Phi) is 3.24. The van der Waals surface area contributed by atoms with Crippen molar-refractivity contribution >= 4 is 17.1 Å². The number of aromatic nitrogens is 1. The number of carbonyl (C=O) groups is 1. The number of aryl methyl sites for hydroxylation is 1. The van der Waals surface area contributed by atoms with Crippen LogP contribution in [0.15, 0.2) is 5.38 Å². The molecule has 3 nitrogen and oxygen atoms in total. The van der Waals surface area contributed by atoms with Crippen LogP contribution in [-0.2, 0) is 4.74 Å². The summed E-state index contributed by atoms with van der Waals surface area (Å²) < 4.78 is 5.98. The van der Waals surface area contributed by atoms with Crippen LogP contribution in [0.4, 0.5) is 0 Å². The molecule has 1 atom stereocenters. The number of carbonyl (C=O) groups excluding carboxylic acids is 1. The summed E-state index contributed by atoms with van der Waals surface area (Å²) in [5.41, 5.74) is 0.682. The highest BCUT2D eigenvalue weighted by molar-refractivity contribution is 7.09. The Balaban J connectivity index is 1.74. The molecular weight excluding hydrogens is 246 g/mol. The van der Waals surface area contributed by atoms with Gasteiger partial charge in [0.1, 0.15) is 5.69 Å². The largest absolute Gasteiger partial charge is 0.375 e. The predicted molar refractivity (Wildman–Crippen MR) is 71.1 cm³/mol. The molecule has 3 rings (SSSR count). The third kappa shape index (κ3) is 2.24. The van der Waals surface area contributed by atoms with E-state index in [4.69, 9.17) is 4.74 Å². The van der Waals surface area contributed by atoms with E-state index in [1.165, 1.54) is 12.8 Å². The Bertz CT molecular complexity index is 448. The minimum Gasteiger partial charge on any atom is -0.375 e. The third-order valence-corrected chi connectivity index (χ3v) is 5.02. The zero-order chi connectivity index (χ0) is 12.6. The lowest BCUT2D eigenvalue weighted by molar-refractivity contribution is -0.0866. The average molecular weight is 265 g/mol. The first-order valence-electron chi connectivity index (χ1n) is 6.79. The Morgan fingerprint density at radius 3 is 2.94 bits per heavy atom. The predicted octanol–water partition coefficient (Wildman–Crippen LogP) is 3.37. The summed E-state index contributed by atoms with van der Waals surface area (Å²) in [7, 11) is 0. The van der Waals surface area contributed by atoms with Gasteiger partial charge in [-0.05, 0) is 32.6 Å². The van der Waals surface area contributed by atoms with Crippen LogP contribution in [0.5, 0.6) is 0 Å². The van der Waals surface area contributed by atoms with Gasteiger partial charge in [-0.25, -0.2) is 4.98 Å². The van der Waals surface area contributed by atoms with Crippen LogP contribution in [0.25, 0.3) is 0 Å². The van der Waals surface area contributed by atoms with Gasteiger partial charge in [0.25, 0.3) is 0 Å². The fourth-order valence-electron chi connectivity index (χ4n) is 3.31. The van der Waals surface area contributed by atoms with Gasteiger partial charge in [0.05, 0.1) is 10.6 Å². The molecule has 2 fully saturated rings. The maximum atomic E-state index is 12.4. The first-order valence-corrected chi connectivity index (χ1v) is 7.67. The van der Waals surface area contributed by atoms with E-state index >= 15 is 0 Å². The van der Waals surface area contributed by atoms with E-state index in [1.54, 1.807) is 11.3 Å². The number of thiazole rings is 1. The van der Waals surface area contributed by atoms with Crippen LogP contribution in [0.3, 0.4) is 0 Å². The number of rotatable bonds is 2. The summed E-state index contributed by atoms with van der Waals surface area (Å²) in [6.45, 7) is 2.68. The van der Waals surface area contributed by atoms with Gasteiger partial charge in [-0.1, -0.05) is 12.8 Å². The lowest BCUT2D eigenvalue weighted by Crippen LogP contribution is -2.39. The van der Waals surface area contributed by atoms with Gasteiger partial charge in [-0.3, -0.25) is 4.79 Å². The van der Waals surface area contributed by atoms with Crippen LogP contribution < -0.4 is 0 Å². The van der Waals surface area contributed by atoms with Crippen molar-refractivity contribution in [1.82, 2.24) is 4.98 Å². The summed E-state index contributed by atoms with van der Waals surface area (Å²) >= 11 is 1.56. The van der Waals surface area contributed by atoms with Crippen molar-refractivity contribution in [3.8, 4) is 0 Å². The monoisotopic (exact) mass is 265 g/mol. The normalized spacial score (nSPS) is 26.6. The summed E-state index contributed by atoms with van der Waals surface area (Å²) in [5.74, 6) is 0.354. The maximum Gasteiger partial charge on any atom is 0.185 e. The molecule has 0 amide bonds. The first kappa shape index (κ1) is 12.3. The number of ether oxygens (including phenoxy) is 1. The minimum absolute atomic E-state index is 0.0175. The van der Waals surface area contributed by atoms with Crippen LogP contribution in [0.2, 0.25) is 0 Å². The van der Waals surface area contributed by atoms with Gasteiger partial charge >= 0.3 is 0 Å². The fraction of sp³-hybridized carbons (Fsp3) is 0.714. The molecule has 18 heavy (non-hydrogen) atoms. The van der Waals surface area contributed by atoms with Crippen molar-refractivity contribution in [2.75, 3.05) is 6.61 Å². The van der Waals surface area contributed by atoms with E-state index in [0.29, 0.717) is 5.69 Å². The topological polar surface area (TPSA) is 39.2 Å². The Morgan fingerprint density at radius 2 is 2.28 bits per heavy atom. The molecule has 0 bridgehead atoms. The molecule has 1 saturated heterocycles. The lowest BCUT2D eigenvalue weighted by Gasteiger charge is -2.37. The van der Waals surface area contributed by atoms with Crippen molar-refractivity contribution < 1.29 is 9.53 Å². The summed E-state index contributed by atoms with van der Waals surface area (Å²) in [4.78, 5) is 16.8. The number of hydrogen-bond donors (Lipinski definition) is 0. The van der Waals surface area contributed by atoms with Gasteiger partial charge in [-0.15, -0.1) is 11.3 Å². The zero-order valence-corrected chi connectivity index (χ0v) is 11.6. The Labute approximate surface area is 112 Å². The van der Waals surface area contributed by atoms with Gasteiger partial charge in [0, 0.05) is 17.9 Å². The molecule has 1 spiro atoms. The Morgan fingerprint density at radius 1 is 1.50 bits per heavy atom. The van der Waals surface area contributed by atoms with Crippen LogP contribution in [0.1, 0.15) is 54.0 Å². The van der Waals surface area contributed by atoms with E-state index in [1.807, 2.05) is 12.3 Å². The summed E-state index contributed by atoms with van der Waals surface area (Å²) in [6, 6.07) is 0. The summed E-state index contributed by atoms with van der Waals surface area (Å²) in [5, 5.41) is 2.87. The van der Waals surface area contributed by atoms with Gasteiger partial charge in [-0.2, -0.15) is 0 Å². The minimum atomic E-state index is 0.0175. The van der Waals surface area contributed by atoms with Crippen molar-refractivity contribution in [3.63, 3.8) is 0 Å². The number of ketones is 1. The van der Waals surface area contributed by atoms with Crippen LogP contribution in [0, 0.1) is 12.8 Å². The van der Waals surface area contributed by atoms with Gasteiger partial charge < -0.3 is 4.74 Å². The molecular formula is C14H19NO2S. The lowest BCUT2D eigenvalue weighted by atomic mass is 9.82. The molecule has 1 aliphatic carbocycles. The Hall–Kier alpha value is -0.740. The third-order valence-electron chi connectivity index (χ3n) is 4.25. The van der Waals surface area contributed by atoms with E-state index in [0.717, 1.165) is 37.3 Å². The van der Waals surface area contributed by atoms with Crippen LogP contribution >= 0.6 is 11.3 Å². The molecule has 1 saturated carbocycles. The molecule has 0 radical (unpaired) electrons. The standard InChI is InChI=1S/C14H19NO2S/c1-10-15-12(9-18-10)13(16)11-4-7-17-14(8-11)5-2-3-6-14/h9,11H,2-8H2,1H3. The van der Waals surface area contributed by atoms with Crippen LogP contribution in [-0.4, -0.2) is 23.0 Å². The molecule has 1 aromatic heterocycles. The second-order valence-corrected chi connectivity index (χ2v) is 6.61. The smallest absolute Gasteiger partial charge is 0.185 e. The van der Waals surface area contributed by atoms with Crippen molar-refractivity contribution in [1.29, 1.82) is 0 Å². The second-order valence-electron chi connectivity index (χ2n) is 5.54. The van der Waals surface area contributed by atoms with E-state index in [-0.39, 0.29) is 17.3 Å².